The molecule has 2 aromatic carbocycles. The molecule has 43 heavy (non-hydrogen) atoms. The van der Waals surface area contributed by atoms with E-state index in [-0.39, 0.29) is 11.8 Å². The summed E-state index contributed by atoms with van der Waals surface area (Å²) in [7, 11) is 0. The Morgan fingerprint density at radius 3 is 1.77 bits per heavy atom. The summed E-state index contributed by atoms with van der Waals surface area (Å²) in [5.74, 6) is 0.0631. The molecule has 3 fully saturated rings. The number of nitrogens with zero attached hydrogens (tertiary/aromatic N) is 4. The number of likely N-dealkylation sites (tertiary alicyclic amines) is 3. The SMILES string of the molecule is CC1CCCN1CCNc1c2ccc(NC(=O)CCN3CCCC3)cc2nc2cc(NC(=O)CCN3CCCC3)ccc12. The number of anilines is 3. The van der Waals surface area contributed by atoms with Crippen LogP contribution >= 0.6 is 0 Å². The molecule has 1 aromatic heterocycles. The summed E-state index contributed by atoms with van der Waals surface area (Å²) in [4.78, 5) is 37.8. The van der Waals surface area contributed by atoms with Gasteiger partial charge in [-0.3, -0.25) is 14.5 Å². The molecule has 0 bridgehead atoms. The highest BCUT2D eigenvalue weighted by Crippen LogP contribution is 2.34. The number of carbonyl (C=O) groups excluding carboxylic acids is 2. The Hall–Kier alpha value is -3.27. The van der Waals surface area contributed by atoms with Crippen LogP contribution in [0.4, 0.5) is 17.1 Å². The third-order valence-corrected chi connectivity index (χ3v) is 9.44. The van der Waals surface area contributed by atoms with Crippen LogP contribution in [0.2, 0.25) is 0 Å². The number of pyridine rings is 1. The number of fused-ring (bicyclic) bond motifs is 2. The Bertz CT molecular complexity index is 1340. The van der Waals surface area contributed by atoms with Crippen LogP contribution in [0, 0.1) is 0 Å². The maximum Gasteiger partial charge on any atom is 0.225 e. The normalized spacial score (nSPS) is 19.9. The van der Waals surface area contributed by atoms with Crippen molar-refractivity contribution in [3.63, 3.8) is 0 Å². The van der Waals surface area contributed by atoms with E-state index >= 15 is 0 Å². The number of benzene rings is 2. The maximum absolute atomic E-state index is 12.7. The van der Waals surface area contributed by atoms with Gasteiger partial charge in [-0.1, -0.05) is 0 Å². The van der Waals surface area contributed by atoms with Crippen molar-refractivity contribution in [1.29, 1.82) is 0 Å². The minimum atomic E-state index is 0.0315. The molecule has 3 aliphatic heterocycles. The van der Waals surface area contributed by atoms with Crippen LogP contribution in [-0.4, -0.2) is 96.4 Å². The molecule has 0 spiro atoms. The first kappa shape index (κ1) is 29.8. The average Bonchev–Trinajstić information content (AvgIpc) is 3.79. The molecule has 3 aromatic rings. The summed E-state index contributed by atoms with van der Waals surface area (Å²) in [6.07, 6.45) is 8.42. The number of hydrogen-bond donors (Lipinski definition) is 3. The fraction of sp³-hybridized carbons (Fsp3) is 0.559. The van der Waals surface area contributed by atoms with Crippen molar-refractivity contribution in [2.24, 2.45) is 0 Å². The van der Waals surface area contributed by atoms with Crippen LogP contribution in [0.1, 0.15) is 58.3 Å². The minimum absolute atomic E-state index is 0.0315. The molecule has 3 saturated heterocycles. The molecule has 230 valence electrons. The van der Waals surface area contributed by atoms with Crippen LogP contribution in [0.25, 0.3) is 21.8 Å². The van der Waals surface area contributed by atoms with E-state index in [9.17, 15) is 9.59 Å². The molecule has 1 atom stereocenters. The van der Waals surface area contributed by atoms with E-state index in [2.05, 4.69) is 49.7 Å². The molecule has 4 heterocycles. The zero-order valence-electron chi connectivity index (χ0n) is 25.7. The van der Waals surface area contributed by atoms with Gasteiger partial charge in [-0.2, -0.15) is 0 Å². The molecule has 3 N–H and O–H groups in total. The molecule has 1 unspecified atom stereocenters. The minimum Gasteiger partial charge on any atom is -0.383 e. The van der Waals surface area contributed by atoms with Crippen molar-refractivity contribution >= 4 is 50.7 Å². The summed E-state index contributed by atoms with van der Waals surface area (Å²) < 4.78 is 0. The Balaban J connectivity index is 1.21. The second kappa shape index (κ2) is 14.0. The van der Waals surface area contributed by atoms with Gasteiger partial charge in [0, 0.05) is 67.2 Å². The van der Waals surface area contributed by atoms with Gasteiger partial charge in [0.05, 0.1) is 16.7 Å². The molecular formula is C34H47N7O2. The smallest absolute Gasteiger partial charge is 0.225 e. The second-order valence-corrected chi connectivity index (χ2v) is 12.6. The molecule has 9 nitrogen and oxygen atoms in total. The lowest BCUT2D eigenvalue weighted by molar-refractivity contribution is -0.117. The van der Waals surface area contributed by atoms with E-state index in [1.165, 1.54) is 38.5 Å². The highest BCUT2D eigenvalue weighted by Gasteiger charge is 2.20. The van der Waals surface area contributed by atoms with Crippen LogP contribution < -0.4 is 16.0 Å². The molecule has 0 saturated carbocycles. The lowest BCUT2D eigenvalue weighted by atomic mass is 10.1. The number of rotatable bonds is 12. The molecule has 2 amide bonds. The lowest BCUT2D eigenvalue weighted by Gasteiger charge is -2.22. The molecule has 0 aliphatic carbocycles. The average molecular weight is 586 g/mol. The van der Waals surface area contributed by atoms with Crippen molar-refractivity contribution in [3.05, 3.63) is 36.4 Å². The summed E-state index contributed by atoms with van der Waals surface area (Å²) in [6, 6.07) is 12.6. The van der Waals surface area contributed by atoms with Gasteiger partial charge in [0.15, 0.2) is 0 Å². The highest BCUT2D eigenvalue weighted by atomic mass is 16.2. The van der Waals surface area contributed by atoms with E-state index in [0.717, 1.165) is 97.8 Å². The number of hydrogen-bond acceptors (Lipinski definition) is 7. The monoisotopic (exact) mass is 585 g/mol. The number of aromatic nitrogens is 1. The fourth-order valence-electron chi connectivity index (χ4n) is 6.92. The van der Waals surface area contributed by atoms with Crippen LogP contribution in [0.15, 0.2) is 36.4 Å². The summed E-state index contributed by atoms with van der Waals surface area (Å²) in [6.45, 7) is 11.3. The van der Waals surface area contributed by atoms with Gasteiger partial charge in [0.2, 0.25) is 11.8 Å². The fourth-order valence-corrected chi connectivity index (χ4v) is 6.92. The number of nitrogens with one attached hydrogen (secondary N) is 3. The summed E-state index contributed by atoms with van der Waals surface area (Å²) in [5.41, 5.74) is 4.20. The zero-order chi connectivity index (χ0) is 29.6. The topological polar surface area (TPSA) is 92.8 Å². The second-order valence-electron chi connectivity index (χ2n) is 12.6. The predicted octanol–water partition coefficient (Wildman–Crippen LogP) is 5.13. The Labute approximate surface area is 255 Å². The first-order chi connectivity index (χ1) is 21.0. The Kier molecular flexibility index (Phi) is 9.71. The molecule has 9 heteroatoms. The Morgan fingerprint density at radius 1 is 0.744 bits per heavy atom. The van der Waals surface area contributed by atoms with E-state index in [4.69, 9.17) is 4.98 Å². The van der Waals surface area contributed by atoms with Gasteiger partial charge >= 0.3 is 0 Å². The van der Waals surface area contributed by atoms with Crippen molar-refractivity contribution in [3.8, 4) is 0 Å². The largest absolute Gasteiger partial charge is 0.383 e. The quantitative estimate of drug-likeness (QED) is 0.254. The van der Waals surface area contributed by atoms with Gasteiger partial charge in [-0.25, -0.2) is 4.98 Å². The maximum atomic E-state index is 12.7. The van der Waals surface area contributed by atoms with Crippen LogP contribution in [-0.2, 0) is 9.59 Å². The Morgan fingerprint density at radius 2 is 1.28 bits per heavy atom. The van der Waals surface area contributed by atoms with E-state index < -0.39 is 0 Å². The van der Waals surface area contributed by atoms with Gasteiger partial charge in [0.25, 0.3) is 0 Å². The molecule has 6 rings (SSSR count). The van der Waals surface area contributed by atoms with Crippen molar-refractivity contribution in [2.45, 2.75) is 64.3 Å². The molecule has 3 aliphatic rings. The van der Waals surface area contributed by atoms with Crippen molar-refractivity contribution in [2.75, 3.05) is 74.9 Å². The first-order valence-electron chi connectivity index (χ1n) is 16.4. The standard InChI is InChI=1S/C34H47N7O2/c1-25-7-6-19-41(25)22-14-35-34-28-10-8-26(36-32(42)12-20-39-15-2-3-16-39)23-30(28)38-31-24-27(9-11-29(31)34)37-33(43)13-21-40-17-4-5-18-40/h8-11,23-25H,2-7,12-22H2,1H3,(H,35,38)(H,36,42)(H,37,43). The first-order valence-corrected chi connectivity index (χ1v) is 16.4. The van der Waals surface area contributed by atoms with Gasteiger partial charge in [0.1, 0.15) is 0 Å². The van der Waals surface area contributed by atoms with E-state index in [0.29, 0.717) is 18.9 Å². The molecular weight excluding hydrogens is 538 g/mol. The van der Waals surface area contributed by atoms with E-state index in [1.54, 1.807) is 0 Å². The third-order valence-electron chi connectivity index (χ3n) is 9.44. The third kappa shape index (κ3) is 7.63. The van der Waals surface area contributed by atoms with Gasteiger partial charge in [-0.05, 0) is 115 Å². The van der Waals surface area contributed by atoms with Gasteiger partial charge in [-0.15, -0.1) is 0 Å². The highest BCUT2D eigenvalue weighted by molar-refractivity contribution is 6.09. The van der Waals surface area contributed by atoms with Crippen molar-refractivity contribution < 1.29 is 9.59 Å². The zero-order valence-corrected chi connectivity index (χ0v) is 25.7. The molecule has 0 radical (unpaired) electrons. The number of carbonyl (C=O) groups is 2. The summed E-state index contributed by atoms with van der Waals surface area (Å²) in [5, 5.41) is 12.0. The van der Waals surface area contributed by atoms with Crippen molar-refractivity contribution in [1.82, 2.24) is 19.7 Å². The predicted molar refractivity (Wildman–Crippen MR) is 176 cm³/mol. The number of amides is 2. The van der Waals surface area contributed by atoms with Crippen LogP contribution in [0.3, 0.4) is 0 Å². The van der Waals surface area contributed by atoms with E-state index in [1.807, 2.05) is 24.3 Å². The summed E-state index contributed by atoms with van der Waals surface area (Å²) >= 11 is 0. The lowest BCUT2D eigenvalue weighted by Crippen LogP contribution is -2.31. The van der Waals surface area contributed by atoms with Crippen LogP contribution in [0.5, 0.6) is 0 Å². The van der Waals surface area contributed by atoms with Gasteiger partial charge < -0.3 is 25.8 Å².